The second-order valence-corrected chi connectivity index (χ2v) is 5.97. The molecular weight excluding hydrogens is 216 g/mol. The van der Waals surface area contributed by atoms with Gasteiger partial charge in [0.05, 0.1) is 12.7 Å². The molecule has 6 heteroatoms. The minimum Gasteiger partial charge on any atom is -0.443 e. The molecule has 5 nitrogen and oxygen atoms in total. The number of oxazole rings is 1. The van der Waals surface area contributed by atoms with Crippen molar-refractivity contribution in [1.29, 1.82) is 0 Å². The van der Waals surface area contributed by atoms with Crippen LogP contribution >= 0.6 is 0 Å². The molecule has 0 aromatic carbocycles. The quantitative estimate of drug-likeness (QED) is 0.809. The van der Waals surface area contributed by atoms with Crippen molar-refractivity contribution in [3.8, 4) is 0 Å². The van der Waals surface area contributed by atoms with Gasteiger partial charge in [-0.3, -0.25) is 0 Å². The van der Waals surface area contributed by atoms with E-state index in [-0.39, 0.29) is 5.75 Å². The highest BCUT2D eigenvalue weighted by Gasteiger charge is 2.10. The summed E-state index contributed by atoms with van der Waals surface area (Å²) in [7, 11) is -3.05. The van der Waals surface area contributed by atoms with Crippen molar-refractivity contribution in [3.05, 3.63) is 17.8 Å². The zero-order chi connectivity index (χ0) is 11.5. The third-order valence-electron chi connectivity index (χ3n) is 1.67. The predicted octanol–water partition coefficient (Wildman–Crippen LogP) is 0.717. The number of hydrogen-bond acceptors (Lipinski definition) is 5. The van der Waals surface area contributed by atoms with Gasteiger partial charge in [0.15, 0.2) is 9.84 Å². The van der Waals surface area contributed by atoms with Gasteiger partial charge >= 0.3 is 0 Å². The van der Waals surface area contributed by atoms with E-state index < -0.39 is 9.84 Å². The molecule has 1 N–H and O–H groups in total. The molecule has 0 aliphatic heterocycles. The highest BCUT2D eigenvalue weighted by molar-refractivity contribution is 7.89. The number of rotatable bonds is 5. The van der Waals surface area contributed by atoms with Gasteiger partial charge in [0.1, 0.15) is 11.5 Å². The summed E-state index contributed by atoms with van der Waals surface area (Å²) in [5.41, 5.74) is 0. The maximum atomic E-state index is 11.0. The average Bonchev–Trinajstić information content (AvgIpc) is 2.45. The summed E-state index contributed by atoms with van der Waals surface area (Å²) < 4.78 is 27.2. The summed E-state index contributed by atoms with van der Waals surface area (Å²) in [4.78, 5) is 3.98. The first kappa shape index (κ1) is 12.2. The van der Waals surface area contributed by atoms with E-state index in [1.807, 2.05) is 13.8 Å². The van der Waals surface area contributed by atoms with E-state index in [1.165, 1.54) is 12.5 Å². The van der Waals surface area contributed by atoms with Crippen molar-refractivity contribution < 1.29 is 12.8 Å². The summed E-state index contributed by atoms with van der Waals surface area (Å²) in [6, 6.07) is 0.343. The van der Waals surface area contributed by atoms with Crippen molar-refractivity contribution in [1.82, 2.24) is 10.3 Å². The number of nitrogens with zero attached hydrogens (tertiary/aromatic N) is 1. The second kappa shape index (κ2) is 4.76. The summed E-state index contributed by atoms with van der Waals surface area (Å²) >= 11 is 0. The molecule has 0 fully saturated rings. The van der Waals surface area contributed by atoms with E-state index in [0.29, 0.717) is 24.2 Å². The number of hydrogen-bond donors (Lipinski definition) is 1. The molecule has 0 amide bonds. The molecule has 0 aliphatic rings. The Balaban J connectivity index is 2.57. The van der Waals surface area contributed by atoms with E-state index >= 15 is 0 Å². The Bertz CT molecular complexity index is 409. The zero-order valence-electron chi connectivity index (χ0n) is 9.15. The van der Waals surface area contributed by atoms with Crippen LogP contribution in [-0.4, -0.2) is 25.7 Å². The molecule has 0 radical (unpaired) electrons. The van der Waals surface area contributed by atoms with Crippen molar-refractivity contribution in [2.75, 3.05) is 6.26 Å². The third kappa shape index (κ3) is 4.94. The molecule has 1 aromatic heterocycles. The molecule has 1 rings (SSSR count). The van der Waals surface area contributed by atoms with Gasteiger partial charge in [0.25, 0.3) is 0 Å². The Hall–Kier alpha value is -0.880. The van der Waals surface area contributed by atoms with Gasteiger partial charge in [-0.1, -0.05) is 13.8 Å². The molecule has 86 valence electrons. The monoisotopic (exact) mass is 232 g/mol. The highest BCUT2D eigenvalue weighted by Crippen LogP contribution is 2.07. The molecule has 0 saturated carbocycles. The van der Waals surface area contributed by atoms with E-state index in [0.717, 1.165) is 0 Å². The van der Waals surface area contributed by atoms with Crippen LogP contribution in [0, 0.1) is 0 Å². The van der Waals surface area contributed by atoms with Crippen LogP contribution < -0.4 is 5.32 Å². The fourth-order valence-electron chi connectivity index (χ4n) is 1.05. The van der Waals surface area contributed by atoms with Crippen LogP contribution in [0.3, 0.4) is 0 Å². The molecule has 1 heterocycles. The summed E-state index contributed by atoms with van der Waals surface area (Å²) in [6.07, 6.45) is 2.62. The first-order valence-corrected chi connectivity index (χ1v) is 6.77. The third-order valence-corrected chi connectivity index (χ3v) is 2.48. The Morgan fingerprint density at radius 2 is 2.20 bits per heavy atom. The minimum absolute atomic E-state index is 0.0956. The van der Waals surface area contributed by atoms with Crippen LogP contribution in [0.15, 0.2) is 10.6 Å². The smallest absolute Gasteiger partial charge is 0.208 e. The van der Waals surface area contributed by atoms with Gasteiger partial charge in [0, 0.05) is 12.3 Å². The van der Waals surface area contributed by atoms with Gasteiger partial charge in [-0.05, 0) is 0 Å². The van der Waals surface area contributed by atoms with E-state index in [9.17, 15) is 8.42 Å². The van der Waals surface area contributed by atoms with Crippen molar-refractivity contribution >= 4 is 9.84 Å². The van der Waals surface area contributed by atoms with E-state index in [1.54, 1.807) is 0 Å². The van der Waals surface area contributed by atoms with Crippen molar-refractivity contribution in [3.63, 3.8) is 0 Å². The average molecular weight is 232 g/mol. The summed E-state index contributed by atoms with van der Waals surface area (Å²) in [5.74, 6) is 0.808. The van der Waals surface area contributed by atoms with Crippen LogP contribution in [-0.2, 0) is 22.1 Å². The lowest BCUT2D eigenvalue weighted by Gasteiger charge is -2.03. The molecular formula is C9H16N2O3S. The fraction of sp³-hybridized carbons (Fsp3) is 0.667. The first-order chi connectivity index (χ1) is 6.87. The van der Waals surface area contributed by atoms with Gasteiger partial charge in [-0.15, -0.1) is 0 Å². The summed E-state index contributed by atoms with van der Waals surface area (Å²) in [6.45, 7) is 4.54. The molecule has 0 atom stereocenters. The van der Waals surface area contributed by atoms with Gasteiger partial charge in [-0.2, -0.15) is 0 Å². The molecule has 15 heavy (non-hydrogen) atoms. The Labute approximate surface area is 89.8 Å². The first-order valence-electron chi connectivity index (χ1n) is 4.71. The number of sulfone groups is 1. The SMILES string of the molecule is CC(C)NCc1ncc(CS(C)(=O)=O)o1. The Kier molecular flexibility index (Phi) is 3.87. The summed E-state index contributed by atoms with van der Waals surface area (Å²) in [5, 5.41) is 3.13. The van der Waals surface area contributed by atoms with E-state index in [2.05, 4.69) is 10.3 Å². The number of nitrogens with one attached hydrogen (secondary N) is 1. The molecule has 0 saturated heterocycles. The molecule has 1 aromatic rings. The standard InChI is InChI=1S/C9H16N2O3S/c1-7(2)10-5-9-11-4-8(14-9)6-15(3,12)13/h4,7,10H,5-6H2,1-3H3. The Morgan fingerprint density at radius 1 is 1.53 bits per heavy atom. The van der Waals surface area contributed by atoms with Crippen LogP contribution in [0.4, 0.5) is 0 Å². The topological polar surface area (TPSA) is 72.2 Å². The Morgan fingerprint density at radius 3 is 2.73 bits per heavy atom. The van der Waals surface area contributed by atoms with Crippen molar-refractivity contribution in [2.24, 2.45) is 0 Å². The number of aromatic nitrogens is 1. The maximum Gasteiger partial charge on any atom is 0.208 e. The second-order valence-electron chi connectivity index (χ2n) is 3.83. The van der Waals surface area contributed by atoms with Crippen LogP contribution in [0.5, 0.6) is 0 Å². The normalized spacial score (nSPS) is 12.3. The molecule has 0 aliphatic carbocycles. The minimum atomic E-state index is -3.05. The van der Waals surface area contributed by atoms with Crippen LogP contribution in [0.2, 0.25) is 0 Å². The fourth-order valence-corrected chi connectivity index (χ4v) is 1.70. The van der Waals surface area contributed by atoms with Crippen LogP contribution in [0.1, 0.15) is 25.5 Å². The largest absolute Gasteiger partial charge is 0.443 e. The van der Waals surface area contributed by atoms with Gasteiger partial charge in [-0.25, -0.2) is 13.4 Å². The molecule has 0 bridgehead atoms. The lowest BCUT2D eigenvalue weighted by atomic mass is 10.4. The predicted molar refractivity (Wildman–Crippen MR) is 57.0 cm³/mol. The lowest BCUT2D eigenvalue weighted by molar-refractivity contribution is 0.432. The van der Waals surface area contributed by atoms with Gasteiger partial charge in [0.2, 0.25) is 5.89 Å². The molecule has 0 spiro atoms. The van der Waals surface area contributed by atoms with Crippen molar-refractivity contribution in [2.45, 2.75) is 32.2 Å². The molecule has 0 unspecified atom stereocenters. The van der Waals surface area contributed by atoms with E-state index in [4.69, 9.17) is 4.42 Å². The van der Waals surface area contributed by atoms with Gasteiger partial charge < -0.3 is 9.73 Å². The zero-order valence-corrected chi connectivity index (χ0v) is 9.97. The highest BCUT2D eigenvalue weighted by atomic mass is 32.2. The maximum absolute atomic E-state index is 11.0. The lowest BCUT2D eigenvalue weighted by Crippen LogP contribution is -2.21. The van der Waals surface area contributed by atoms with Crippen LogP contribution in [0.25, 0.3) is 0 Å².